The Labute approximate surface area is 139 Å². The number of aromatic nitrogens is 3. The van der Waals surface area contributed by atoms with Gasteiger partial charge in [-0.25, -0.2) is 0 Å². The monoisotopic (exact) mass is 327 g/mol. The van der Waals surface area contributed by atoms with Crippen LogP contribution >= 0.6 is 12.2 Å². The summed E-state index contributed by atoms with van der Waals surface area (Å²) in [6.45, 7) is 0. The highest BCUT2D eigenvalue weighted by molar-refractivity contribution is 7.71. The van der Waals surface area contributed by atoms with E-state index < -0.39 is 0 Å². The summed E-state index contributed by atoms with van der Waals surface area (Å²) in [5.41, 5.74) is 1.99. The van der Waals surface area contributed by atoms with Gasteiger partial charge < -0.3 is 9.47 Å². The highest BCUT2D eigenvalue weighted by Gasteiger charge is 2.12. The lowest BCUT2D eigenvalue weighted by atomic mass is 10.1. The van der Waals surface area contributed by atoms with Gasteiger partial charge in [0.1, 0.15) is 17.3 Å². The molecule has 0 amide bonds. The molecule has 1 N–H and O–H groups in total. The number of ether oxygens (including phenoxy) is 2. The Kier molecular flexibility index (Phi) is 4.43. The topological polar surface area (TPSA) is 52.1 Å². The molecule has 3 rings (SSSR count). The summed E-state index contributed by atoms with van der Waals surface area (Å²) >= 11 is 5.39. The molecule has 0 fully saturated rings. The zero-order chi connectivity index (χ0) is 16.2. The van der Waals surface area contributed by atoms with Crippen LogP contribution in [0.1, 0.15) is 11.4 Å². The van der Waals surface area contributed by atoms with Crippen LogP contribution in [0, 0.1) is 4.77 Å². The number of para-hydroxylation sites is 2. The lowest BCUT2D eigenvalue weighted by Gasteiger charge is -2.11. The minimum atomic E-state index is 0.540. The zero-order valence-corrected chi connectivity index (χ0v) is 13.8. The molecule has 3 aromatic rings. The van der Waals surface area contributed by atoms with Gasteiger partial charge >= 0.3 is 0 Å². The van der Waals surface area contributed by atoms with E-state index in [1.54, 1.807) is 14.2 Å². The van der Waals surface area contributed by atoms with Crippen molar-refractivity contribution < 1.29 is 9.47 Å². The van der Waals surface area contributed by atoms with Gasteiger partial charge in [0.05, 0.1) is 19.9 Å². The highest BCUT2D eigenvalue weighted by atomic mass is 32.1. The van der Waals surface area contributed by atoms with Crippen LogP contribution < -0.4 is 9.47 Å². The largest absolute Gasteiger partial charge is 0.497 e. The van der Waals surface area contributed by atoms with Crippen LogP contribution in [-0.4, -0.2) is 29.0 Å². The third kappa shape index (κ3) is 3.12. The summed E-state index contributed by atoms with van der Waals surface area (Å²) in [6, 6.07) is 15.6. The maximum atomic E-state index is 5.43. The van der Waals surface area contributed by atoms with Crippen LogP contribution in [0.5, 0.6) is 11.5 Å². The summed E-state index contributed by atoms with van der Waals surface area (Å²) < 4.78 is 13.1. The number of nitrogens with zero attached hydrogens (tertiary/aromatic N) is 2. The van der Waals surface area contributed by atoms with Crippen molar-refractivity contribution in [3.8, 4) is 17.2 Å². The maximum absolute atomic E-state index is 5.43. The van der Waals surface area contributed by atoms with Crippen molar-refractivity contribution in [1.29, 1.82) is 0 Å². The fourth-order valence-corrected chi connectivity index (χ4v) is 2.69. The summed E-state index contributed by atoms with van der Waals surface area (Å²) in [6.07, 6.45) is 0.648. The Morgan fingerprint density at radius 3 is 2.48 bits per heavy atom. The molecule has 0 bridgehead atoms. The Balaban J connectivity index is 2.00. The molecule has 0 aliphatic carbocycles. The number of benzene rings is 2. The van der Waals surface area contributed by atoms with Gasteiger partial charge in [0.15, 0.2) is 4.77 Å². The molecule has 6 heteroatoms. The predicted molar refractivity (Wildman–Crippen MR) is 91.1 cm³/mol. The second-order valence-corrected chi connectivity index (χ2v) is 5.36. The fraction of sp³-hybridized carbons (Fsp3) is 0.176. The molecule has 118 valence electrons. The summed E-state index contributed by atoms with van der Waals surface area (Å²) in [7, 11) is 3.30. The summed E-state index contributed by atoms with van der Waals surface area (Å²) in [5.74, 6) is 2.41. The lowest BCUT2D eigenvalue weighted by Crippen LogP contribution is -2.04. The SMILES string of the molecule is COc1ccc(Cc2n[nH]c(=S)n2-c2ccccc2OC)cc1. The van der Waals surface area contributed by atoms with Gasteiger partial charge in [-0.3, -0.25) is 9.67 Å². The number of aromatic amines is 1. The van der Waals surface area contributed by atoms with Gasteiger partial charge in [-0.05, 0) is 42.0 Å². The molecular formula is C17H17N3O2S. The minimum Gasteiger partial charge on any atom is -0.497 e. The van der Waals surface area contributed by atoms with Crippen LogP contribution in [0.2, 0.25) is 0 Å². The standard InChI is InChI=1S/C17H17N3O2S/c1-21-13-9-7-12(8-10-13)11-16-18-19-17(23)20(16)14-5-3-4-6-15(14)22-2/h3-10H,11H2,1-2H3,(H,19,23). The van der Waals surface area contributed by atoms with Crippen molar-refractivity contribution in [2.75, 3.05) is 14.2 Å². The van der Waals surface area contributed by atoms with Crippen molar-refractivity contribution in [2.45, 2.75) is 6.42 Å². The quantitative estimate of drug-likeness (QED) is 0.728. The van der Waals surface area contributed by atoms with Crippen molar-refractivity contribution in [2.24, 2.45) is 0 Å². The molecule has 1 heterocycles. The average molecular weight is 327 g/mol. The van der Waals surface area contributed by atoms with Gasteiger partial charge in [-0.2, -0.15) is 5.10 Å². The van der Waals surface area contributed by atoms with E-state index in [1.165, 1.54) is 0 Å². The molecule has 1 aromatic heterocycles. The third-order valence-corrected chi connectivity index (χ3v) is 3.86. The molecular weight excluding hydrogens is 310 g/mol. The van der Waals surface area contributed by atoms with E-state index >= 15 is 0 Å². The highest BCUT2D eigenvalue weighted by Crippen LogP contribution is 2.24. The smallest absolute Gasteiger partial charge is 0.200 e. The number of nitrogens with one attached hydrogen (secondary N) is 1. The fourth-order valence-electron chi connectivity index (χ4n) is 2.44. The Hall–Kier alpha value is -2.60. The Bertz CT molecular complexity index is 853. The van der Waals surface area contributed by atoms with Gasteiger partial charge in [-0.15, -0.1) is 0 Å². The number of H-pyrrole nitrogens is 1. The van der Waals surface area contributed by atoms with Crippen molar-refractivity contribution in [3.05, 3.63) is 64.7 Å². The maximum Gasteiger partial charge on any atom is 0.200 e. The molecule has 0 aliphatic rings. The predicted octanol–water partition coefficient (Wildman–Crippen LogP) is 3.54. The molecule has 0 unspecified atom stereocenters. The number of hydrogen-bond acceptors (Lipinski definition) is 4. The number of methoxy groups -OCH3 is 2. The number of hydrogen-bond donors (Lipinski definition) is 1. The van der Waals surface area contributed by atoms with Gasteiger partial charge in [0.2, 0.25) is 0 Å². The summed E-state index contributed by atoms with van der Waals surface area (Å²) in [4.78, 5) is 0. The van der Waals surface area contributed by atoms with Crippen molar-refractivity contribution in [1.82, 2.24) is 14.8 Å². The van der Waals surface area contributed by atoms with Crippen molar-refractivity contribution in [3.63, 3.8) is 0 Å². The van der Waals surface area contributed by atoms with E-state index in [-0.39, 0.29) is 0 Å². The second-order valence-electron chi connectivity index (χ2n) is 4.98. The van der Waals surface area contributed by atoms with E-state index in [0.29, 0.717) is 11.2 Å². The third-order valence-electron chi connectivity index (χ3n) is 3.59. The van der Waals surface area contributed by atoms with E-state index in [9.17, 15) is 0 Å². The van der Waals surface area contributed by atoms with Gasteiger partial charge in [0.25, 0.3) is 0 Å². The molecule has 2 aromatic carbocycles. The first-order valence-corrected chi connectivity index (χ1v) is 7.56. The van der Waals surface area contributed by atoms with Crippen LogP contribution in [0.3, 0.4) is 0 Å². The average Bonchev–Trinajstić information content (AvgIpc) is 2.95. The Morgan fingerprint density at radius 1 is 1.04 bits per heavy atom. The molecule has 0 saturated heterocycles. The van der Waals surface area contributed by atoms with E-state index in [1.807, 2.05) is 53.1 Å². The molecule has 23 heavy (non-hydrogen) atoms. The molecule has 0 atom stereocenters. The van der Waals surface area contributed by atoms with Gasteiger partial charge in [0, 0.05) is 6.42 Å². The first-order chi connectivity index (χ1) is 11.2. The zero-order valence-electron chi connectivity index (χ0n) is 12.9. The second kappa shape index (κ2) is 6.66. The molecule has 0 spiro atoms. The van der Waals surface area contributed by atoms with E-state index in [2.05, 4.69) is 10.2 Å². The first-order valence-electron chi connectivity index (χ1n) is 7.15. The van der Waals surface area contributed by atoms with Crippen LogP contribution in [0.4, 0.5) is 0 Å². The summed E-state index contributed by atoms with van der Waals surface area (Å²) in [5, 5.41) is 7.23. The molecule has 5 nitrogen and oxygen atoms in total. The molecule has 0 radical (unpaired) electrons. The molecule has 0 saturated carbocycles. The minimum absolute atomic E-state index is 0.540. The van der Waals surface area contributed by atoms with Crippen LogP contribution in [-0.2, 0) is 6.42 Å². The van der Waals surface area contributed by atoms with Crippen molar-refractivity contribution >= 4 is 12.2 Å². The van der Waals surface area contributed by atoms with Crippen LogP contribution in [0.25, 0.3) is 5.69 Å². The number of rotatable bonds is 5. The first kappa shape index (κ1) is 15.3. The van der Waals surface area contributed by atoms with Gasteiger partial charge in [-0.1, -0.05) is 24.3 Å². The molecule has 0 aliphatic heterocycles. The normalized spacial score (nSPS) is 10.5. The lowest BCUT2D eigenvalue weighted by molar-refractivity contribution is 0.412. The van der Waals surface area contributed by atoms with Crippen LogP contribution in [0.15, 0.2) is 48.5 Å². The van der Waals surface area contributed by atoms with E-state index in [4.69, 9.17) is 21.7 Å². The Morgan fingerprint density at radius 2 is 1.78 bits per heavy atom. The van der Waals surface area contributed by atoms with E-state index in [0.717, 1.165) is 28.6 Å².